The van der Waals surface area contributed by atoms with E-state index in [-0.39, 0.29) is 0 Å². The van der Waals surface area contributed by atoms with E-state index in [1.54, 1.807) is 0 Å². The van der Waals surface area contributed by atoms with Gasteiger partial charge < -0.3 is 8.98 Å². The fourth-order valence-corrected chi connectivity index (χ4v) is 20.9. The molecule has 0 fully saturated rings. The highest BCUT2D eigenvalue weighted by molar-refractivity contribution is 7.22. The fraction of sp³-hybridized carbons (Fsp3) is 0. The fourth-order valence-electron chi connectivity index (χ4n) is 15.7. The number of aromatic nitrogens is 1. The Morgan fingerprint density at radius 1 is 0.211 bits per heavy atom. The highest BCUT2D eigenvalue weighted by Crippen LogP contribution is 2.42. The minimum Gasteiger partial charge on any atom is -0.456 e. The summed E-state index contributed by atoms with van der Waals surface area (Å²) in [4.78, 5) is 0. The summed E-state index contributed by atoms with van der Waals surface area (Å²) in [6.45, 7) is 0. The normalized spacial score (nSPS) is 12.5. The van der Waals surface area contributed by atoms with E-state index in [1.165, 1.54) is 142 Å². The van der Waals surface area contributed by atoms with Crippen LogP contribution in [0.25, 0.3) is 160 Å². The smallest absolute Gasteiger partial charge is 0.180 e. The third-order valence-corrected chi connectivity index (χ3v) is 25.2. The lowest BCUT2D eigenvalue weighted by Crippen LogP contribution is -2.72. The SMILES string of the molecule is c1ccc([Si]2(c3ccccc3)c3cc(-c4ccc5oc6ccccc6c5c4)ccc3-c3ccc(-n4c5ccc(-c6ccc(-c7ccc(-c8cccc9ccccc89)cc7)cc6)cc5c5cc(-c6ccc(-c7ccc(-c8cccc9ccccc89)cc7)cc6)ccc54)cc32)cc1. The second-order valence-corrected chi connectivity index (χ2v) is 29.2. The van der Waals surface area contributed by atoms with Gasteiger partial charge in [-0.3, -0.25) is 0 Å². The van der Waals surface area contributed by atoms with Crippen LogP contribution in [0.5, 0.6) is 0 Å². The van der Waals surface area contributed by atoms with Gasteiger partial charge in [0.1, 0.15) is 11.2 Å². The number of hydrogen-bond acceptors (Lipinski definition) is 1. The van der Waals surface area contributed by atoms with Crippen LogP contribution < -0.4 is 20.7 Å². The maximum atomic E-state index is 6.34. The van der Waals surface area contributed by atoms with Crippen molar-refractivity contribution in [2.45, 2.75) is 0 Å². The molecular weight excluding hydrogens is 1160 g/mol. The van der Waals surface area contributed by atoms with Gasteiger partial charge in [0.25, 0.3) is 0 Å². The molecule has 0 atom stereocenters. The van der Waals surface area contributed by atoms with Crippen molar-refractivity contribution in [1.29, 1.82) is 0 Å². The molecule has 0 saturated heterocycles. The van der Waals surface area contributed by atoms with Crippen LogP contribution in [0.3, 0.4) is 0 Å². The molecular formula is C92H59NOSi. The van der Waals surface area contributed by atoms with Crippen molar-refractivity contribution in [2.75, 3.05) is 0 Å². The Labute approximate surface area is 552 Å². The lowest BCUT2D eigenvalue weighted by Gasteiger charge is -2.32. The zero-order chi connectivity index (χ0) is 62.6. The van der Waals surface area contributed by atoms with Crippen LogP contribution in [0.4, 0.5) is 0 Å². The highest BCUT2D eigenvalue weighted by Gasteiger charge is 2.49. The van der Waals surface area contributed by atoms with E-state index < -0.39 is 8.07 Å². The summed E-state index contributed by atoms with van der Waals surface area (Å²) in [6, 6.07) is 133. The lowest BCUT2D eigenvalue weighted by atomic mass is 9.95. The first-order valence-corrected chi connectivity index (χ1v) is 34.8. The molecule has 2 nitrogen and oxygen atoms in total. The first-order chi connectivity index (χ1) is 47.1. The summed E-state index contributed by atoms with van der Waals surface area (Å²) in [6.07, 6.45) is 0. The van der Waals surface area contributed by atoms with Gasteiger partial charge in [0.15, 0.2) is 8.07 Å². The molecule has 0 N–H and O–H groups in total. The van der Waals surface area contributed by atoms with E-state index in [2.05, 4.69) is 356 Å². The van der Waals surface area contributed by atoms with Crippen molar-refractivity contribution < 1.29 is 4.42 Å². The van der Waals surface area contributed by atoms with Crippen molar-refractivity contribution in [3.8, 4) is 94.7 Å². The molecule has 1 aliphatic heterocycles. The summed E-state index contributed by atoms with van der Waals surface area (Å²) in [7, 11) is -3.01. The minimum atomic E-state index is -3.01. The zero-order valence-electron chi connectivity index (χ0n) is 51.9. The Balaban J connectivity index is 0.737. The van der Waals surface area contributed by atoms with Crippen LogP contribution in [-0.2, 0) is 0 Å². The molecule has 19 rings (SSSR count). The van der Waals surface area contributed by atoms with E-state index in [1.807, 2.05) is 6.07 Å². The van der Waals surface area contributed by atoms with E-state index >= 15 is 0 Å². The van der Waals surface area contributed by atoms with Crippen LogP contribution in [0.1, 0.15) is 0 Å². The van der Waals surface area contributed by atoms with Crippen molar-refractivity contribution >= 4 is 94.1 Å². The standard InChI is InChI=1S/C92H59NOSi/c1-3-19-75(20-4-1)95(76-21-5-2-6-22-76)91-58-73(72-48-54-90-86(57-72)81-25-11-12-28-89(81)94-90)45-50-82(91)83-51-49-74(59-92(83)95)93-87-52-46-70(64-33-29-60(30-34-64)62-37-41-68(42-38-62)79-26-13-17-66-15-7-9-23-77(66)79)55-84(87)85-56-71(47-53-88(85)93)65-35-31-61(32-36-65)63-39-43-69(44-40-63)80-27-14-18-67-16-8-10-24-78(67)80/h1-59H. The molecule has 0 aliphatic carbocycles. The number of nitrogens with zero attached hydrogens (tertiary/aromatic N) is 1. The molecule has 95 heavy (non-hydrogen) atoms. The zero-order valence-corrected chi connectivity index (χ0v) is 52.9. The first kappa shape index (κ1) is 54.6. The molecule has 2 aromatic heterocycles. The van der Waals surface area contributed by atoms with Crippen molar-refractivity contribution in [2.24, 2.45) is 0 Å². The largest absolute Gasteiger partial charge is 0.456 e. The Morgan fingerprint density at radius 3 is 1.09 bits per heavy atom. The van der Waals surface area contributed by atoms with Crippen LogP contribution in [0.2, 0.25) is 0 Å². The topological polar surface area (TPSA) is 18.1 Å². The predicted octanol–water partition coefficient (Wildman–Crippen LogP) is 22.0. The van der Waals surface area contributed by atoms with Gasteiger partial charge in [-0.25, -0.2) is 0 Å². The third-order valence-electron chi connectivity index (χ3n) is 20.3. The number of rotatable bonds is 10. The monoisotopic (exact) mass is 1220 g/mol. The molecule has 0 amide bonds. The summed E-state index contributed by atoms with van der Waals surface area (Å²) in [5.41, 5.74) is 24.7. The second kappa shape index (κ2) is 22.0. The first-order valence-electron chi connectivity index (χ1n) is 32.8. The van der Waals surface area contributed by atoms with Gasteiger partial charge in [0.05, 0.1) is 11.0 Å². The number of benzene rings is 16. The quantitative estimate of drug-likeness (QED) is 0.125. The van der Waals surface area contributed by atoms with Gasteiger partial charge in [-0.2, -0.15) is 0 Å². The lowest BCUT2D eigenvalue weighted by molar-refractivity contribution is 0.669. The second-order valence-electron chi connectivity index (χ2n) is 25.4. The molecule has 0 unspecified atom stereocenters. The number of hydrogen-bond donors (Lipinski definition) is 0. The van der Waals surface area contributed by atoms with Crippen molar-refractivity contribution in [3.63, 3.8) is 0 Å². The van der Waals surface area contributed by atoms with Gasteiger partial charge in [-0.05, 0) is 186 Å². The summed E-state index contributed by atoms with van der Waals surface area (Å²) < 4.78 is 8.87. The molecule has 3 heteroatoms. The van der Waals surface area contributed by atoms with E-state index in [4.69, 9.17) is 4.42 Å². The molecule has 0 saturated carbocycles. The Kier molecular flexibility index (Phi) is 12.7. The Hall–Kier alpha value is -12.1. The van der Waals surface area contributed by atoms with Gasteiger partial charge in [0.2, 0.25) is 0 Å². The minimum absolute atomic E-state index is 0.903. The van der Waals surface area contributed by atoms with Gasteiger partial charge in [-0.15, -0.1) is 0 Å². The average molecular weight is 1220 g/mol. The Morgan fingerprint density at radius 2 is 0.568 bits per heavy atom. The highest BCUT2D eigenvalue weighted by atomic mass is 28.3. The van der Waals surface area contributed by atoms with Crippen LogP contribution in [0, 0.1) is 0 Å². The van der Waals surface area contributed by atoms with Crippen molar-refractivity contribution in [3.05, 3.63) is 358 Å². The summed E-state index contributed by atoms with van der Waals surface area (Å²) >= 11 is 0. The Bertz CT molecular complexity index is 5770. The van der Waals surface area contributed by atoms with Gasteiger partial charge >= 0.3 is 0 Å². The molecule has 0 radical (unpaired) electrons. The summed E-state index contributed by atoms with van der Waals surface area (Å²) in [5, 5.41) is 15.3. The van der Waals surface area contributed by atoms with Crippen LogP contribution in [0.15, 0.2) is 362 Å². The number of para-hydroxylation sites is 1. The van der Waals surface area contributed by atoms with Crippen LogP contribution >= 0.6 is 0 Å². The van der Waals surface area contributed by atoms with Crippen LogP contribution in [-0.4, -0.2) is 12.6 Å². The molecule has 16 aromatic carbocycles. The molecule has 0 bridgehead atoms. The van der Waals surface area contributed by atoms with E-state index in [0.717, 1.165) is 38.7 Å². The average Bonchev–Trinajstić information content (AvgIpc) is 1.55. The molecule has 18 aromatic rings. The summed E-state index contributed by atoms with van der Waals surface area (Å²) in [5.74, 6) is 0. The maximum absolute atomic E-state index is 6.34. The van der Waals surface area contributed by atoms with Crippen molar-refractivity contribution in [1.82, 2.24) is 4.57 Å². The number of furan rings is 1. The van der Waals surface area contributed by atoms with Gasteiger partial charge in [0, 0.05) is 27.2 Å². The van der Waals surface area contributed by atoms with Gasteiger partial charge in [-0.1, -0.05) is 303 Å². The molecule has 3 heterocycles. The number of fused-ring (bicyclic) bond motifs is 11. The molecule has 442 valence electrons. The van der Waals surface area contributed by atoms with E-state index in [0.29, 0.717) is 0 Å². The van der Waals surface area contributed by atoms with E-state index in [9.17, 15) is 0 Å². The predicted molar refractivity (Wildman–Crippen MR) is 404 cm³/mol. The molecule has 0 spiro atoms. The molecule has 1 aliphatic rings. The third kappa shape index (κ3) is 8.92. The maximum Gasteiger partial charge on any atom is 0.180 e.